The molecule has 0 aliphatic carbocycles. The monoisotopic (exact) mass is 822 g/mol. The molecule has 8 unspecified atom stereocenters. The lowest BCUT2D eigenvalue weighted by molar-refractivity contribution is -0.169. The Morgan fingerprint density at radius 1 is 0.932 bits per heavy atom. The molecule has 2 aromatic rings. The summed E-state index contributed by atoms with van der Waals surface area (Å²) >= 11 is 0. The molecule has 5 heterocycles. The minimum absolute atomic E-state index is 0.0105. The smallest absolute Gasteiger partial charge is 0.332 e. The van der Waals surface area contributed by atoms with E-state index in [9.17, 15) is 42.3 Å². The SMILES string of the molecule is Cc1ccc(NC(=O)NC(Cc2cc(F)cc(F)c2)C(=O)NC2C(=O)N3CCCC3C(=O)N3CCCCC3C(=O)NC(C)C(=O)N3CC(C)CC3(C)C(=O)OC2C)cn1. The Hall–Kier alpha value is -5.68. The first-order chi connectivity index (χ1) is 27.9. The molecular formula is C41H52F2N8O8. The van der Waals surface area contributed by atoms with E-state index < -0.39 is 101 Å². The molecule has 16 nitrogen and oxygen atoms in total. The van der Waals surface area contributed by atoms with Gasteiger partial charge in [0.1, 0.15) is 53.5 Å². The number of carbonyl (C=O) groups is 7. The van der Waals surface area contributed by atoms with Crippen LogP contribution in [0, 0.1) is 24.5 Å². The minimum Gasteiger partial charge on any atom is -0.458 e. The maximum absolute atomic E-state index is 14.8. The van der Waals surface area contributed by atoms with Crippen LogP contribution in [0.5, 0.6) is 0 Å². The Labute approximate surface area is 341 Å². The molecule has 0 bridgehead atoms. The van der Waals surface area contributed by atoms with E-state index >= 15 is 0 Å². The summed E-state index contributed by atoms with van der Waals surface area (Å²) in [6, 6.07) is -1.13. The van der Waals surface area contributed by atoms with Crippen LogP contribution in [0.4, 0.5) is 19.3 Å². The number of cyclic esters (lactones) is 1. The Morgan fingerprint density at radius 2 is 1.61 bits per heavy atom. The van der Waals surface area contributed by atoms with E-state index in [1.54, 1.807) is 26.0 Å². The quantitative estimate of drug-likeness (QED) is 0.316. The van der Waals surface area contributed by atoms with E-state index in [-0.39, 0.29) is 49.6 Å². The molecule has 4 fully saturated rings. The van der Waals surface area contributed by atoms with Crippen LogP contribution in [0.3, 0.4) is 0 Å². The first kappa shape index (κ1) is 42.9. The predicted molar refractivity (Wildman–Crippen MR) is 208 cm³/mol. The van der Waals surface area contributed by atoms with Gasteiger partial charge in [-0.1, -0.05) is 6.92 Å². The molecule has 18 heteroatoms. The minimum atomic E-state index is -1.64. The van der Waals surface area contributed by atoms with Gasteiger partial charge < -0.3 is 40.7 Å². The Morgan fingerprint density at radius 3 is 2.31 bits per heavy atom. The van der Waals surface area contributed by atoms with Crippen molar-refractivity contribution >= 4 is 47.2 Å². The van der Waals surface area contributed by atoms with Gasteiger partial charge in [0.15, 0.2) is 0 Å². The number of hydrogen-bond donors (Lipinski definition) is 4. The van der Waals surface area contributed by atoms with Gasteiger partial charge in [-0.3, -0.25) is 29.0 Å². The molecule has 7 amide bonds. The maximum atomic E-state index is 14.8. The third-order valence-electron chi connectivity index (χ3n) is 11.7. The summed E-state index contributed by atoms with van der Waals surface area (Å²) in [5.74, 6) is -6.09. The molecular weight excluding hydrogens is 770 g/mol. The second-order valence-corrected chi connectivity index (χ2v) is 16.4. The number of anilines is 1. The van der Waals surface area contributed by atoms with Gasteiger partial charge in [-0.05, 0) is 102 Å². The highest BCUT2D eigenvalue weighted by molar-refractivity contribution is 5.99. The molecule has 0 saturated carbocycles. The number of aryl methyl sites for hydroxylation is 1. The van der Waals surface area contributed by atoms with Crippen molar-refractivity contribution in [1.82, 2.24) is 35.6 Å². The zero-order valence-electron chi connectivity index (χ0n) is 33.9. The molecule has 1 aromatic heterocycles. The Bertz CT molecular complexity index is 1970. The fourth-order valence-corrected chi connectivity index (χ4v) is 8.66. The first-order valence-electron chi connectivity index (χ1n) is 20.1. The van der Waals surface area contributed by atoms with E-state index in [2.05, 4.69) is 26.3 Å². The molecule has 4 N–H and O–H groups in total. The van der Waals surface area contributed by atoms with Crippen LogP contribution in [0.15, 0.2) is 36.5 Å². The molecule has 6 rings (SSSR count). The van der Waals surface area contributed by atoms with E-state index in [0.29, 0.717) is 37.4 Å². The second kappa shape index (κ2) is 17.7. The number of pyridine rings is 1. The zero-order chi connectivity index (χ0) is 42.8. The number of aromatic nitrogens is 1. The van der Waals surface area contributed by atoms with Crippen LogP contribution in [-0.2, 0) is 39.9 Å². The van der Waals surface area contributed by atoms with Crippen LogP contribution in [0.25, 0.3) is 0 Å². The number of ether oxygens (including phenoxy) is 1. The zero-order valence-corrected chi connectivity index (χ0v) is 33.9. The van der Waals surface area contributed by atoms with Crippen molar-refractivity contribution in [2.45, 2.75) is 121 Å². The largest absolute Gasteiger partial charge is 0.458 e. The van der Waals surface area contributed by atoms with E-state index in [0.717, 1.165) is 12.1 Å². The summed E-state index contributed by atoms with van der Waals surface area (Å²) < 4.78 is 34.7. The predicted octanol–water partition coefficient (Wildman–Crippen LogP) is 2.34. The van der Waals surface area contributed by atoms with Gasteiger partial charge in [-0.2, -0.15) is 0 Å². The van der Waals surface area contributed by atoms with Crippen LogP contribution in [-0.4, -0.2) is 123 Å². The van der Waals surface area contributed by atoms with Gasteiger partial charge in [-0.15, -0.1) is 0 Å². The molecule has 59 heavy (non-hydrogen) atoms. The molecule has 8 atom stereocenters. The third-order valence-corrected chi connectivity index (χ3v) is 11.7. The second-order valence-electron chi connectivity index (χ2n) is 16.4. The van der Waals surface area contributed by atoms with Gasteiger partial charge in [0.25, 0.3) is 0 Å². The standard InChI is InChI=1S/C41H52F2N8O8/c1-22-19-41(5)39(57)59-25(4)33(48-34(52)30(17-26-15-27(42)18-28(43)16-26)47-40(58)46-29-12-11-23(2)44-20-29)38(56)50-14-8-10-32(50)37(55)49-13-7-6-9-31(49)35(53)45-24(3)36(54)51(41)21-22/h11-12,15-16,18,20,22,24-25,30-33H,6-10,13-14,17,19,21H2,1-5H3,(H,45,53)(H,48,52)(H2,46,47,58). The normalized spacial score (nSPS) is 28.5. The van der Waals surface area contributed by atoms with Crippen molar-refractivity contribution in [3.63, 3.8) is 0 Å². The number of piperidine rings is 1. The lowest BCUT2D eigenvalue weighted by atomic mass is 9.94. The van der Waals surface area contributed by atoms with Crippen LogP contribution < -0.4 is 21.3 Å². The Balaban J connectivity index is 1.36. The molecule has 4 saturated heterocycles. The number of carbonyl (C=O) groups excluding carboxylic acids is 7. The number of esters is 1. The molecule has 1 aromatic carbocycles. The van der Waals surface area contributed by atoms with Gasteiger partial charge in [0.05, 0.1) is 11.9 Å². The van der Waals surface area contributed by atoms with Gasteiger partial charge in [-0.25, -0.2) is 18.4 Å². The summed E-state index contributed by atoms with van der Waals surface area (Å²) in [7, 11) is 0. The van der Waals surface area contributed by atoms with E-state index in [1.165, 1.54) is 34.7 Å². The summed E-state index contributed by atoms with van der Waals surface area (Å²) in [5, 5.41) is 10.5. The lowest BCUT2D eigenvalue weighted by Crippen LogP contribution is -2.64. The van der Waals surface area contributed by atoms with Gasteiger partial charge in [0, 0.05) is 37.8 Å². The molecule has 0 radical (unpaired) electrons. The summed E-state index contributed by atoms with van der Waals surface area (Å²) in [5.41, 5.74) is -0.539. The van der Waals surface area contributed by atoms with Crippen molar-refractivity contribution in [3.05, 3.63) is 59.4 Å². The number of fused-ring (bicyclic) bond motifs is 3. The van der Waals surface area contributed by atoms with Crippen LogP contribution in [0.1, 0.15) is 77.5 Å². The number of rotatable bonds is 6. The number of hydrogen-bond acceptors (Lipinski definition) is 9. The van der Waals surface area contributed by atoms with Crippen molar-refractivity contribution in [2.75, 3.05) is 25.0 Å². The van der Waals surface area contributed by atoms with Crippen LogP contribution >= 0.6 is 0 Å². The maximum Gasteiger partial charge on any atom is 0.332 e. The number of nitrogens with one attached hydrogen (secondary N) is 4. The van der Waals surface area contributed by atoms with E-state index in [4.69, 9.17) is 4.74 Å². The number of amides is 7. The van der Waals surface area contributed by atoms with Gasteiger partial charge in [0.2, 0.25) is 29.5 Å². The highest BCUT2D eigenvalue weighted by Crippen LogP contribution is 2.36. The number of halogens is 2. The highest BCUT2D eigenvalue weighted by atomic mass is 19.1. The van der Waals surface area contributed by atoms with Crippen molar-refractivity contribution in [2.24, 2.45) is 5.92 Å². The lowest BCUT2D eigenvalue weighted by Gasteiger charge is -2.40. The fourth-order valence-electron chi connectivity index (χ4n) is 8.66. The van der Waals surface area contributed by atoms with Crippen molar-refractivity contribution in [3.8, 4) is 0 Å². The summed E-state index contributed by atoms with van der Waals surface area (Å²) in [4.78, 5) is 107. The fraction of sp³-hybridized carbons (Fsp3) is 0.561. The highest BCUT2D eigenvalue weighted by Gasteiger charge is 2.53. The molecule has 0 spiro atoms. The average molecular weight is 823 g/mol. The number of benzene rings is 1. The third kappa shape index (κ3) is 9.46. The van der Waals surface area contributed by atoms with E-state index in [1.807, 2.05) is 6.92 Å². The summed E-state index contributed by atoms with van der Waals surface area (Å²) in [6.07, 6.45) is 2.08. The van der Waals surface area contributed by atoms with Gasteiger partial charge >= 0.3 is 12.0 Å². The number of urea groups is 1. The first-order valence-corrected chi connectivity index (χ1v) is 20.1. The molecule has 4 aliphatic heterocycles. The van der Waals surface area contributed by atoms with Crippen molar-refractivity contribution < 1.29 is 47.1 Å². The molecule has 4 aliphatic rings. The Kier molecular flexibility index (Phi) is 12.8. The summed E-state index contributed by atoms with van der Waals surface area (Å²) in [6.45, 7) is 8.63. The topological polar surface area (TPSA) is 199 Å². The van der Waals surface area contributed by atoms with Crippen LogP contribution in [0.2, 0.25) is 0 Å². The number of nitrogens with zero attached hydrogens (tertiary/aromatic N) is 4. The van der Waals surface area contributed by atoms with Crippen molar-refractivity contribution in [1.29, 1.82) is 0 Å². The average Bonchev–Trinajstić information content (AvgIpc) is 3.80. The molecule has 318 valence electrons.